The van der Waals surface area contributed by atoms with E-state index in [1.165, 1.54) is 0 Å². The first-order valence-electron chi connectivity index (χ1n) is 6.05. The van der Waals surface area contributed by atoms with Gasteiger partial charge in [0.2, 0.25) is 0 Å². The first-order valence-corrected chi connectivity index (χ1v) is 6.05. The predicted molar refractivity (Wildman–Crippen MR) is 73.6 cm³/mol. The first-order chi connectivity index (χ1) is 8.49. The number of anilines is 1. The standard InChI is InChI=1S/C14H19N3O/c1-9(2)18-12-7-5-11(6-8-12)13-10(3)14(15)17(4)16-13/h5-9H,15H2,1-4H3. The summed E-state index contributed by atoms with van der Waals surface area (Å²) >= 11 is 0. The minimum Gasteiger partial charge on any atom is -0.491 e. The fourth-order valence-electron chi connectivity index (χ4n) is 1.88. The van der Waals surface area contributed by atoms with E-state index in [9.17, 15) is 0 Å². The summed E-state index contributed by atoms with van der Waals surface area (Å²) in [5.41, 5.74) is 8.89. The molecule has 0 radical (unpaired) electrons. The average Bonchev–Trinajstić information content (AvgIpc) is 2.57. The lowest BCUT2D eigenvalue weighted by molar-refractivity contribution is 0.242. The van der Waals surface area contributed by atoms with Crippen molar-refractivity contribution in [2.75, 3.05) is 5.73 Å². The van der Waals surface area contributed by atoms with Crippen molar-refractivity contribution in [1.82, 2.24) is 9.78 Å². The van der Waals surface area contributed by atoms with Gasteiger partial charge in [-0.15, -0.1) is 0 Å². The van der Waals surface area contributed by atoms with E-state index in [0.29, 0.717) is 5.82 Å². The molecule has 2 aromatic rings. The van der Waals surface area contributed by atoms with E-state index < -0.39 is 0 Å². The summed E-state index contributed by atoms with van der Waals surface area (Å²) < 4.78 is 7.31. The summed E-state index contributed by atoms with van der Waals surface area (Å²) in [6, 6.07) is 7.93. The molecule has 0 spiro atoms. The third-order valence-electron chi connectivity index (χ3n) is 2.84. The van der Waals surface area contributed by atoms with Crippen LogP contribution in [-0.2, 0) is 7.05 Å². The maximum absolute atomic E-state index is 5.91. The van der Waals surface area contributed by atoms with E-state index in [4.69, 9.17) is 10.5 Å². The molecule has 96 valence electrons. The number of nitrogens with zero attached hydrogens (tertiary/aromatic N) is 2. The van der Waals surface area contributed by atoms with Crippen molar-refractivity contribution in [1.29, 1.82) is 0 Å². The van der Waals surface area contributed by atoms with E-state index in [2.05, 4.69) is 5.10 Å². The van der Waals surface area contributed by atoms with Crippen molar-refractivity contribution in [3.05, 3.63) is 29.8 Å². The lowest BCUT2D eigenvalue weighted by Crippen LogP contribution is -2.05. The Balaban J connectivity index is 2.31. The van der Waals surface area contributed by atoms with Crippen LogP contribution in [0.5, 0.6) is 5.75 Å². The van der Waals surface area contributed by atoms with Crippen molar-refractivity contribution in [3.63, 3.8) is 0 Å². The fourth-order valence-corrected chi connectivity index (χ4v) is 1.88. The molecule has 0 aliphatic carbocycles. The zero-order valence-electron chi connectivity index (χ0n) is 11.3. The molecule has 2 N–H and O–H groups in total. The molecule has 0 aliphatic rings. The van der Waals surface area contributed by atoms with E-state index >= 15 is 0 Å². The highest BCUT2D eigenvalue weighted by Gasteiger charge is 2.11. The lowest BCUT2D eigenvalue weighted by Gasteiger charge is -2.09. The van der Waals surface area contributed by atoms with Crippen LogP contribution in [0.1, 0.15) is 19.4 Å². The monoisotopic (exact) mass is 245 g/mol. The number of nitrogens with two attached hydrogens (primary N) is 1. The SMILES string of the molecule is Cc1c(-c2ccc(OC(C)C)cc2)nn(C)c1N. The maximum Gasteiger partial charge on any atom is 0.124 e. The molecule has 0 saturated carbocycles. The molecule has 0 fully saturated rings. The van der Waals surface area contributed by atoms with Gasteiger partial charge in [-0.1, -0.05) is 0 Å². The number of rotatable bonds is 3. The molecule has 1 heterocycles. The van der Waals surface area contributed by atoms with E-state index in [1.807, 2.05) is 52.1 Å². The molecule has 0 unspecified atom stereocenters. The Morgan fingerprint density at radius 1 is 1.22 bits per heavy atom. The highest BCUT2D eigenvalue weighted by atomic mass is 16.5. The van der Waals surface area contributed by atoms with Gasteiger partial charge >= 0.3 is 0 Å². The quantitative estimate of drug-likeness (QED) is 0.904. The predicted octanol–water partition coefficient (Wildman–Crippen LogP) is 2.76. The van der Waals surface area contributed by atoms with Crippen LogP contribution in [0.25, 0.3) is 11.3 Å². The highest BCUT2D eigenvalue weighted by molar-refractivity contribution is 5.68. The van der Waals surface area contributed by atoms with Crippen molar-refractivity contribution >= 4 is 5.82 Å². The molecule has 4 nitrogen and oxygen atoms in total. The van der Waals surface area contributed by atoms with Gasteiger partial charge in [0.15, 0.2) is 0 Å². The molecule has 4 heteroatoms. The summed E-state index contributed by atoms with van der Waals surface area (Å²) in [6.45, 7) is 6.01. The Morgan fingerprint density at radius 3 is 2.28 bits per heavy atom. The van der Waals surface area contributed by atoms with Crippen LogP contribution in [0.15, 0.2) is 24.3 Å². The van der Waals surface area contributed by atoms with E-state index in [-0.39, 0.29) is 6.10 Å². The second-order valence-electron chi connectivity index (χ2n) is 4.67. The Hall–Kier alpha value is -1.97. The summed E-state index contributed by atoms with van der Waals surface area (Å²) in [6.07, 6.45) is 0.183. The Bertz CT molecular complexity index is 541. The molecule has 2 rings (SSSR count). The fraction of sp³-hybridized carbons (Fsp3) is 0.357. The van der Waals surface area contributed by atoms with Crippen LogP contribution in [0.3, 0.4) is 0 Å². The van der Waals surface area contributed by atoms with Crippen LogP contribution in [0, 0.1) is 6.92 Å². The van der Waals surface area contributed by atoms with Crippen molar-refractivity contribution in [2.45, 2.75) is 26.9 Å². The molecular formula is C14H19N3O. The zero-order chi connectivity index (χ0) is 13.3. The first kappa shape index (κ1) is 12.5. The van der Waals surface area contributed by atoms with Gasteiger partial charge in [0.05, 0.1) is 11.8 Å². The van der Waals surface area contributed by atoms with Gasteiger partial charge in [-0.3, -0.25) is 4.68 Å². The van der Waals surface area contributed by atoms with Gasteiger partial charge in [-0.25, -0.2) is 0 Å². The highest BCUT2D eigenvalue weighted by Crippen LogP contribution is 2.27. The maximum atomic E-state index is 5.91. The molecular weight excluding hydrogens is 226 g/mol. The Labute approximate surface area is 107 Å². The summed E-state index contributed by atoms with van der Waals surface area (Å²) in [7, 11) is 1.85. The number of hydrogen-bond donors (Lipinski definition) is 1. The number of ether oxygens (including phenoxy) is 1. The Morgan fingerprint density at radius 2 is 1.83 bits per heavy atom. The number of hydrogen-bond acceptors (Lipinski definition) is 3. The molecule has 0 saturated heterocycles. The van der Waals surface area contributed by atoms with Crippen LogP contribution in [0.2, 0.25) is 0 Å². The molecule has 18 heavy (non-hydrogen) atoms. The van der Waals surface area contributed by atoms with E-state index in [0.717, 1.165) is 22.6 Å². The van der Waals surface area contributed by atoms with Crippen molar-refractivity contribution in [3.8, 4) is 17.0 Å². The number of aromatic nitrogens is 2. The summed E-state index contributed by atoms with van der Waals surface area (Å²) in [5, 5.41) is 4.42. The van der Waals surface area contributed by atoms with Crippen LogP contribution in [0.4, 0.5) is 5.82 Å². The average molecular weight is 245 g/mol. The van der Waals surface area contributed by atoms with Crippen LogP contribution in [-0.4, -0.2) is 15.9 Å². The van der Waals surface area contributed by atoms with Gasteiger partial charge in [0.1, 0.15) is 11.6 Å². The zero-order valence-corrected chi connectivity index (χ0v) is 11.3. The van der Waals surface area contributed by atoms with Gasteiger partial charge in [0.25, 0.3) is 0 Å². The largest absolute Gasteiger partial charge is 0.491 e. The second-order valence-corrected chi connectivity index (χ2v) is 4.67. The molecule has 0 aliphatic heterocycles. The molecule has 0 atom stereocenters. The number of benzene rings is 1. The van der Waals surface area contributed by atoms with Crippen LogP contribution < -0.4 is 10.5 Å². The lowest BCUT2D eigenvalue weighted by atomic mass is 10.1. The minimum atomic E-state index is 0.183. The normalized spacial score (nSPS) is 10.9. The topological polar surface area (TPSA) is 53.1 Å². The van der Waals surface area contributed by atoms with Gasteiger partial charge < -0.3 is 10.5 Å². The summed E-state index contributed by atoms with van der Waals surface area (Å²) in [5.74, 6) is 1.57. The second kappa shape index (κ2) is 4.72. The van der Waals surface area contributed by atoms with Gasteiger partial charge in [-0.2, -0.15) is 5.10 Å². The number of aryl methyl sites for hydroxylation is 1. The third-order valence-corrected chi connectivity index (χ3v) is 2.84. The van der Waals surface area contributed by atoms with E-state index in [1.54, 1.807) is 4.68 Å². The molecule has 0 amide bonds. The molecule has 0 bridgehead atoms. The smallest absolute Gasteiger partial charge is 0.124 e. The molecule has 1 aromatic carbocycles. The Kier molecular flexibility index (Phi) is 3.28. The van der Waals surface area contributed by atoms with Gasteiger partial charge in [0, 0.05) is 18.2 Å². The van der Waals surface area contributed by atoms with Crippen molar-refractivity contribution < 1.29 is 4.74 Å². The third kappa shape index (κ3) is 2.32. The minimum absolute atomic E-state index is 0.183. The molecule has 1 aromatic heterocycles. The van der Waals surface area contributed by atoms with Crippen molar-refractivity contribution in [2.24, 2.45) is 7.05 Å². The van der Waals surface area contributed by atoms with Crippen LogP contribution >= 0.6 is 0 Å². The van der Waals surface area contributed by atoms with Gasteiger partial charge in [-0.05, 0) is 45.0 Å². The number of nitrogen functional groups attached to an aromatic ring is 1. The summed E-state index contributed by atoms with van der Waals surface area (Å²) in [4.78, 5) is 0.